The monoisotopic (exact) mass is 410 g/mol. The van der Waals surface area contributed by atoms with E-state index in [9.17, 15) is 9.59 Å². The third-order valence-corrected chi connectivity index (χ3v) is 5.33. The smallest absolute Gasteiger partial charge is 0.340 e. The molecule has 2 aromatic carbocycles. The lowest BCUT2D eigenvalue weighted by molar-refractivity contribution is -0.136. The topological polar surface area (TPSA) is 49.9 Å². The molecule has 1 aliphatic rings. The Balaban J connectivity index is 2.09. The predicted octanol–water partition coefficient (Wildman–Crippen LogP) is 4.59. The fraction of sp³-hybridized carbons (Fsp3) is 0.217. The van der Waals surface area contributed by atoms with Gasteiger partial charge in [0.05, 0.1) is 23.9 Å². The van der Waals surface area contributed by atoms with Gasteiger partial charge in [0, 0.05) is 30.5 Å². The zero-order valence-electron chi connectivity index (χ0n) is 17.1. The summed E-state index contributed by atoms with van der Waals surface area (Å²) in [7, 11) is 5.22. The molecule has 1 heterocycles. The predicted molar refractivity (Wildman–Crippen MR) is 117 cm³/mol. The van der Waals surface area contributed by atoms with Crippen LogP contribution in [-0.4, -0.2) is 33.1 Å². The van der Waals surface area contributed by atoms with E-state index >= 15 is 0 Å². The summed E-state index contributed by atoms with van der Waals surface area (Å²) in [6.45, 7) is 3.62. The molecule has 0 unspecified atom stereocenters. The number of rotatable bonds is 4. The second-order valence-electron chi connectivity index (χ2n) is 7.07. The Morgan fingerprint density at radius 3 is 2.31 bits per heavy atom. The third kappa shape index (κ3) is 3.91. The van der Waals surface area contributed by atoms with Crippen molar-refractivity contribution in [2.45, 2.75) is 13.8 Å². The SMILES string of the molecule is COC(=O)C1=C(C)N(c2ccc(C)c(Cl)c2)C(=O)/C1=C\c1ccc(N(C)C)cc1. The number of amides is 1. The van der Waals surface area contributed by atoms with Crippen molar-refractivity contribution in [2.24, 2.45) is 0 Å². The van der Waals surface area contributed by atoms with E-state index in [-0.39, 0.29) is 11.5 Å². The van der Waals surface area contributed by atoms with Gasteiger partial charge in [0.15, 0.2) is 0 Å². The fourth-order valence-electron chi connectivity index (χ4n) is 3.25. The summed E-state index contributed by atoms with van der Waals surface area (Å²) < 4.78 is 4.95. The minimum atomic E-state index is -0.548. The number of aryl methyl sites for hydroxylation is 1. The van der Waals surface area contributed by atoms with Gasteiger partial charge in [-0.1, -0.05) is 29.8 Å². The number of hydrogen-bond donors (Lipinski definition) is 0. The molecule has 0 fully saturated rings. The molecule has 0 aliphatic carbocycles. The van der Waals surface area contributed by atoms with Gasteiger partial charge < -0.3 is 9.64 Å². The minimum Gasteiger partial charge on any atom is -0.465 e. The summed E-state index contributed by atoms with van der Waals surface area (Å²) in [5.41, 5.74) is 4.44. The summed E-state index contributed by atoms with van der Waals surface area (Å²) in [6, 6.07) is 13.1. The maximum atomic E-state index is 13.3. The largest absolute Gasteiger partial charge is 0.465 e. The number of ether oxygens (including phenoxy) is 1. The molecule has 0 aromatic heterocycles. The molecule has 0 N–H and O–H groups in total. The Morgan fingerprint density at radius 1 is 1.10 bits per heavy atom. The number of benzene rings is 2. The first kappa shape index (κ1) is 20.7. The molecule has 1 amide bonds. The van der Waals surface area contributed by atoms with Gasteiger partial charge in [0.1, 0.15) is 0 Å². The van der Waals surface area contributed by atoms with Crippen molar-refractivity contribution in [3.05, 3.63) is 75.5 Å². The van der Waals surface area contributed by atoms with Crippen LogP contribution in [0, 0.1) is 6.92 Å². The number of nitrogens with zero attached hydrogens (tertiary/aromatic N) is 2. The lowest BCUT2D eigenvalue weighted by atomic mass is 10.0. The first-order valence-electron chi connectivity index (χ1n) is 9.14. The van der Waals surface area contributed by atoms with E-state index in [1.807, 2.05) is 62.3 Å². The van der Waals surface area contributed by atoms with Crippen LogP contribution in [0.3, 0.4) is 0 Å². The second-order valence-corrected chi connectivity index (χ2v) is 7.48. The highest BCUT2D eigenvalue weighted by Gasteiger charge is 2.38. The molecule has 0 spiro atoms. The van der Waals surface area contributed by atoms with Crippen molar-refractivity contribution in [3.63, 3.8) is 0 Å². The van der Waals surface area contributed by atoms with Gasteiger partial charge in [0.25, 0.3) is 5.91 Å². The van der Waals surface area contributed by atoms with Crippen molar-refractivity contribution in [1.29, 1.82) is 0 Å². The van der Waals surface area contributed by atoms with Crippen molar-refractivity contribution in [1.82, 2.24) is 0 Å². The molecule has 0 saturated heterocycles. The molecule has 5 nitrogen and oxygen atoms in total. The summed E-state index contributed by atoms with van der Waals surface area (Å²) in [6.07, 6.45) is 1.72. The molecule has 2 aromatic rings. The Hall–Kier alpha value is -3.05. The van der Waals surface area contributed by atoms with Crippen LogP contribution in [-0.2, 0) is 14.3 Å². The molecule has 0 atom stereocenters. The number of anilines is 2. The van der Waals surface area contributed by atoms with Gasteiger partial charge in [-0.2, -0.15) is 0 Å². The summed E-state index contributed by atoms with van der Waals surface area (Å²) >= 11 is 6.26. The van der Waals surface area contributed by atoms with Crippen LogP contribution in [0.1, 0.15) is 18.1 Å². The van der Waals surface area contributed by atoms with Gasteiger partial charge >= 0.3 is 5.97 Å². The highest BCUT2D eigenvalue weighted by atomic mass is 35.5. The number of hydrogen-bond acceptors (Lipinski definition) is 4. The highest BCUT2D eigenvalue weighted by molar-refractivity contribution is 6.32. The van der Waals surface area contributed by atoms with Crippen LogP contribution in [0.15, 0.2) is 59.3 Å². The van der Waals surface area contributed by atoms with E-state index in [4.69, 9.17) is 16.3 Å². The Morgan fingerprint density at radius 2 is 1.76 bits per heavy atom. The van der Waals surface area contributed by atoms with Crippen molar-refractivity contribution < 1.29 is 14.3 Å². The number of halogens is 1. The van der Waals surface area contributed by atoms with Crippen LogP contribution in [0.5, 0.6) is 0 Å². The number of methoxy groups -OCH3 is 1. The van der Waals surface area contributed by atoms with Crippen molar-refractivity contribution in [2.75, 3.05) is 31.0 Å². The number of carbonyl (C=O) groups excluding carboxylic acids is 2. The summed E-state index contributed by atoms with van der Waals surface area (Å²) in [5, 5.41) is 0.555. The molecule has 0 radical (unpaired) electrons. The standard InChI is InChI=1S/C23H23ClN2O3/c1-14-6-9-18(13-20(14)24)26-15(2)21(23(28)29-5)19(22(26)27)12-16-7-10-17(11-8-16)25(3)4/h6-13H,1-5H3/b19-12-. The number of carbonyl (C=O) groups is 2. The first-order chi connectivity index (χ1) is 13.7. The van der Waals surface area contributed by atoms with E-state index in [2.05, 4.69) is 0 Å². The van der Waals surface area contributed by atoms with Crippen LogP contribution in [0.2, 0.25) is 5.02 Å². The molecule has 6 heteroatoms. The van der Waals surface area contributed by atoms with Gasteiger partial charge in [-0.3, -0.25) is 9.69 Å². The molecule has 0 saturated carbocycles. The van der Waals surface area contributed by atoms with E-state index in [0.717, 1.165) is 16.8 Å². The van der Waals surface area contributed by atoms with E-state index in [1.54, 1.807) is 19.1 Å². The summed E-state index contributed by atoms with van der Waals surface area (Å²) in [5.74, 6) is -0.841. The maximum absolute atomic E-state index is 13.3. The zero-order valence-corrected chi connectivity index (χ0v) is 17.9. The molecule has 150 valence electrons. The van der Waals surface area contributed by atoms with Gasteiger partial charge in [-0.15, -0.1) is 0 Å². The Bertz CT molecular complexity index is 1040. The molecule has 29 heavy (non-hydrogen) atoms. The molecule has 1 aliphatic heterocycles. The maximum Gasteiger partial charge on any atom is 0.340 e. The molecule has 3 rings (SSSR count). The second kappa shape index (κ2) is 8.13. The van der Waals surface area contributed by atoms with Crippen molar-refractivity contribution in [3.8, 4) is 0 Å². The molecular formula is C23H23ClN2O3. The number of allylic oxidation sites excluding steroid dienone is 1. The highest BCUT2D eigenvalue weighted by Crippen LogP contribution is 2.36. The van der Waals surface area contributed by atoms with Gasteiger partial charge in [-0.25, -0.2) is 4.79 Å². The average Bonchev–Trinajstić information content (AvgIpc) is 2.94. The van der Waals surface area contributed by atoms with E-state index in [0.29, 0.717) is 22.0 Å². The average molecular weight is 411 g/mol. The normalized spacial score (nSPS) is 15.3. The van der Waals surface area contributed by atoms with Gasteiger partial charge in [0.2, 0.25) is 0 Å². The quantitative estimate of drug-likeness (QED) is 0.546. The van der Waals surface area contributed by atoms with Crippen LogP contribution < -0.4 is 9.80 Å². The van der Waals surface area contributed by atoms with Crippen LogP contribution >= 0.6 is 11.6 Å². The Labute approximate surface area is 175 Å². The lowest BCUT2D eigenvalue weighted by Gasteiger charge is -2.18. The van der Waals surface area contributed by atoms with Crippen LogP contribution in [0.4, 0.5) is 11.4 Å². The molecular weight excluding hydrogens is 388 g/mol. The number of esters is 1. The van der Waals surface area contributed by atoms with E-state index < -0.39 is 5.97 Å². The van der Waals surface area contributed by atoms with Gasteiger partial charge in [-0.05, 0) is 55.3 Å². The Kier molecular flexibility index (Phi) is 5.80. The molecule has 0 bridgehead atoms. The minimum absolute atomic E-state index is 0.255. The summed E-state index contributed by atoms with van der Waals surface area (Å²) in [4.78, 5) is 29.2. The lowest BCUT2D eigenvalue weighted by Crippen LogP contribution is -2.24. The van der Waals surface area contributed by atoms with Crippen LogP contribution in [0.25, 0.3) is 6.08 Å². The van der Waals surface area contributed by atoms with Crippen molar-refractivity contribution >= 4 is 40.9 Å². The fourth-order valence-corrected chi connectivity index (χ4v) is 3.42. The third-order valence-electron chi connectivity index (χ3n) is 4.92. The zero-order chi connectivity index (χ0) is 21.3. The van der Waals surface area contributed by atoms with E-state index in [1.165, 1.54) is 12.0 Å². The first-order valence-corrected chi connectivity index (χ1v) is 9.51.